The molecule has 0 aliphatic carbocycles. The van der Waals surface area contributed by atoms with E-state index in [1.54, 1.807) is 42.5 Å². The highest BCUT2D eigenvalue weighted by molar-refractivity contribution is 7.89. The van der Waals surface area contributed by atoms with Gasteiger partial charge in [-0.15, -0.1) is 0 Å². The van der Waals surface area contributed by atoms with Gasteiger partial charge in [0.25, 0.3) is 0 Å². The smallest absolute Gasteiger partial charge is 0.243 e. The van der Waals surface area contributed by atoms with Gasteiger partial charge in [-0.05, 0) is 61.4 Å². The molecule has 0 saturated carbocycles. The van der Waals surface area contributed by atoms with Crippen molar-refractivity contribution in [1.29, 1.82) is 5.26 Å². The van der Waals surface area contributed by atoms with E-state index >= 15 is 0 Å². The Labute approximate surface area is 203 Å². The Morgan fingerprint density at radius 2 is 1.59 bits per heavy atom. The molecule has 3 aromatic rings. The van der Waals surface area contributed by atoms with Gasteiger partial charge in [-0.1, -0.05) is 35.9 Å². The van der Waals surface area contributed by atoms with Crippen molar-refractivity contribution in [3.05, 3.63) is 83.4 Å². The Kier molecular flexibility index (Phi) is 7.17. The monoisotopic (exact) mass is 495 g/mol. The first-order valence-electron chi connectivity index (χ1n) is 10.7. The van der Waals surface area contributed by atoms with Gasteiger partial charge in [0.2, 0.25) is 15.9 Å². The van der Waals surface area contributed by atoms with Crippen molar-refractivity contribution in [3.63, 3.8) is 0 Å². The fourth-order valence-electron chi connectivity index (χ4n) is 3.75. The van der Waals surface area contributed by atoms with Gasteiger partial charge in [-0.3, -0.25) is 4.79 Å². The molecule has 0 radical (unpaired) electrons. The average Bonchev–Trinajstić information content (AvgIpc) is 2.86. The third-order valence-corrected chi connectivity index (χ3v) is 7.87. The maximum absolute atomic E-state index is 12.9. The standard InChI is InChI=1S/C25H22ClN3O4S/c26-21-5-1-3-7-23(21)33-24-8-4-2-6-22(24)28-25(30)19-13-15-29(16-14-19)34(31,32)20-11-9-18(17-27)10-12-20/h1-12,19H,13-16H2,(H,28,30). The number of benzene rings is 3. The summed E-state index contributed by atoms with van der Waals surface area (Å²) in [6.07, 6.45) is 0.795. The second-order valence-corrected chi connectivity index (χ2v) is 10.2. The number of hydrogen-bond donors (Lipinski definition) is 1. The zero-order valence-electron chi connectivity index (χ0n) is 18.1. The molecule has 1 aliphatic rings. The van der Waals surface area contributed by atoms with Crippen molar-refractivity contribution in [3.8, 4) is 17.6 Å². The van der Waals surface area contributed by atoms with Crippen LogP contribution in [-0.2, 0) is 14.8 Å². The predicted octanol–water partition coefficient (Wildman–Crippen LogP) is 5.04. The highest BCUT2D eigenvalue weighted by atomic mass is 35.5. The van der Waals surface area contributed by atoms with E-state index in [-0.39, 0.29) is 29.8 Å². The van der Waals surface area contributed by atoms with Crippen molar-refractivity contribution in [2.24, 2.45) is 5.92 Å². The summed E-state index contributed by atoms with van der Waals surface area (Å²) in [5.41, 5.74) is 0.910. The molecule has 174 valence electrons. The number of nitrogens with one attached hydrogen (secondary N) is 1. The molecule has 7 nitrogen and oxygen atoms in total. The van der Waals surface area contributed by atoms with Gasteiger partial charge in [0.1, 0.15) is 5.75 Å². The zero-order chi connectivity index (χ0) is 24.1. The number of sulfonamides is 1. The molecule has 9 heteroatoms. The summed E-state index contributed by atoms with van der Waals surface area (Å²) >= 11 is 6.18. The first kappa shape index (κ1) is 23.8. The van der Waals surface area contributed by atoms with Crippen LogP contribution in [0.2, 0.25) is 5.02 Å². The van der Waals surface area contributed by atoms with Gasteiger partial charge in [0, 0.05) is 19.0 Å². The minimum atomic E-state index is -3.68. The van der Waals surface area contributed by atoms with Crippen LogP contribution in [0.1, 0.15) is 18.4 Å². The summed E-state index contributed by atoms with van der Waals surface area (Å²) in [5.74, 6) is 0.420. The molecule has 3 aromatic carbocycles. The zero-order valence-corrected chi connectivity index (χ0v) is 19.7. The molecule has 0 unspecified atom stereocenters. The molecule has 0 spiro atoms. The van der Waals surface area contributed by atoms with Crippen LogP contribution in [-0.4, -0.2) is 31.7 Å². The number of hydrogen-bond acceptors (Lipinski definition) is 5. The minimum Gasteiger partial charge on any atom is -0.454 e. The number of piperidine rings is 1. The van der Waals surface area contributed by atoms with E-state index < -0.39 is 10.0 Å². The van der Waals surface area contributed by atoms with Crippen molar-refractivity contribution >= 4 is 33.2 Å². The Balaban J connectivity index is 1.40. The maximum atomic E-state index is 12.9. The summed E-state index contributed by atoms with van der Waals surface area (Å²) in [6, 6.07) is 22.0. The van der Waals surface area contributed by atoms with Crippen molar-refractivity contribution in [1.82, 2.24) is 4.31 Å². The van der Waals surface area contributed by atoms with Gasteiger partial charge in [-0.25, -0.2) is 8.42 Å². The van der Waals surface area contributed by atoms with E-state index in [4.69, 9.17) is 21.6 Å². The summed E-state index contributed by atoms with van der Waals surface area (Å²) in [5, 5.41) is 12.3. The molecule has 0 aromatic heterocycles. The molecule has 1 N–H and O–H groups in total. The van der Waals surface area contributed by atoms with Crippen LogP contribution >= 0.6 is 11.6 Å². The number of amides is 1. The Morgan fingerprint density at radius 3 is 2.24 bits per heavy atom. The topological polar surface area (TPSA) is 99.5 Å². The lowest BCUT2D eigenvalue weighted by Crippen LogP contribution is -2.41. The lowest BCUT2D eigenvalue weighted by molar-refractivity contribution is -0.120. The third-order valence-electron chi connectivity index (χ3n) is 5.65. The number of halogens is 1. The van der Waals surface area contributed by atoms with Crippen LogP contribution in [0, 0.1) is 17.2 Å². The average molecular weight is 496 g/mol. The molecule has 1 heterocycles. The molecular weight excluding hydrogens is 474 g/mol. The summed E-state index contributed by atoms with van der Waals surface area (Å²) in [7, 11) is -3.68. The summed E-state index contributed by atoms with van der Waals surface area (Å²) in [6.45, 7) is 0.469. The van der Waals surface area contributed by atoms with Crippen LogP contribution in [0.5, 0.6) is 11.5 Å². The van der Waals surface area contributed by atoms with Crippen LogP contribution < -0.4 is 10.1 Å². The van der Waals surface area contributed by atoms with E-state index in [1.807, 2.05) is 12.1 Å². The number of carbonyl (C=O) groups is 1. The molecule has 4 rings (SSSR count). The number of rotatable bonds is 6. The number of carbonyl (C=O) groups excluding carboxylic acids is 1. The summed E-state index contributed by atoms with van der Waals surface area (Å²) in [4.78, 5) is 13.1. The molecule has 0 bridgehead atoms. The third kappa shape index (κ3) is 5.23. The molecule has 1 amide bonds. The number of ether oxygens (including phenoxy) is 1. The maximum Gasteiger partial charge on any atom is 0.243 e. The van der Waals surface area contributed by atoms with E-state index in [0.717, 1.165) is 0 Å². The van der Waals surface area contributed by atoms with E-state index in [9.17, 15) is 13.2 Å². The number of para-hydroxylation sites is 3. The Bertz CT molecular complexity index is 1330. The molecule has 1 saturated heterocycles. The predicted molar refractivity (Wildman–Crippen MR) is 129 cm³/mol. The molecule has 0 atom stereocenters. The number of nitriles is 1. The van der Waals surface area contributed by atoms with Crippen LogP contribution in [0.25, 0.3) is 0 Å². The van der Waals surface area contributed by atoms with Crippen LogP contribution in [0.15, 0.2) is 77.7 Å². The normalized spacial score (nSPS) is 14.8. The number of nitrogens with zero attached hydrogens (tertiary/aromatic N) is 2. The second kappa shape index (κ2) is 10.3. The largest absolute Gasteiger partial charge is 0.454 e. The highest BCUT2D eigenvalue weighted by Gasteiger charge is 2.32. The minimum absolute atomic E-state index is 0.139. The quantitative estimate of drug-likeness (QED) is 0.516. The first-order chi connectivity index (χ1) is 16.4. The van der Waals surface area contributed by atoms with Crippen LogP contribution in [0.4, 0.5) is 5.69 Å². The molecule has 34 heavy (non-hydrogen) atoms. The lowest BCUT2D eigenvalue weighted by Gasteiger charge is -2.30. The van der Waals surface area contributed by atoms with E-state index in [1.165, 1.54) is 28.6 Å². The lowest BCUT2D eigenvalue weighted by atomic mass is 9.97. The van der Waals surface area contributed by atoms with Crippen molar-refractivity contribution in [2.75, 3.05) is 18.4 Å². The second-order valence-electron chi connectivity index (χ2n) is 7.83. The van der Waals surface area contributed by atoms with Crippen LogP contribution in [0.3, 0.4) is 0 Å². The highest BCUT2D eigenvalue weighted by Crippen LogP contribution is 2.34. The Morgan fingerprint density at radius 1 is 0.971 bits per heavy atom. The fourth-order valence-corrected chi connectivity index (χ4v) is 5.39. The van der Waals surface area contributed by atoms with Gasteiger partial charge >= 0.3 is 0 Å². The Hall–Kier alpha value is -3.38. The van der Waals surface area contributed by atoms with E-state index in [2.05, 4.69) is 5.32 Å². The SMILES string of the molecule is N#Cc1ccc(S(=O)(=O)N2CCC(C(=O)Nc3ccccc3Oc3ccccc3Cl)CC2)cc1. The van der Waals surface area contributed by atoms with Crippen molar-refractivity contribution in [2.45, 2.75) is 17.7 Å². The van der Waals surface area contributed by atoms with E-state index in [0.29, 0.717) is 40.6 Å². The van der Waals surface area contributed by atoms with Gasteiger partial charge < -0.3 is 10.1 Å². The number of anilines is 1. The first-order valence-corrected chi connectivity index (χ1v) is 12.5. The summed E-state index contributed by atoms with van der Waals surface area (Å²) < 4.78 is 33.1. The molecular formula is C25H22ClN3O4S. The van der Waals surface area contributed by atoms with Crippen molar-refractivity contribution < 1.29 is 17.9 Å². The molecule has 1 fully saturated rings. The molecule has 1 aliphatic heterocycles. The van der Waals surface area contributed by atoms with Gasteiger partial charge in [0.15, 0.2) is 5.75 Å². The van der Waals surface area contributed by atoms with Gasteiger partial charge in [-0.2, -0.15) is 9.57 Å². The van der Waals surface area contributed by atoms with Gasteiger partial charge in [0.05, 0.1) is 27.2 Å². The fraction of sp³-hybridized carbons (Fsp3) is 0.200.